The van der Waals surface area contributed by atoms with Gasteiger partial charge in [-0.3, -0.25) is 4.79 Å². The van der Waals surface area contributed by atoms with E-state index in [1.165, 1.54) is 19.1 Å². The van der Waals surface area contributed by atoms with E-state index in [1.54, 1.807) is 48.5 Å². The Kier molecular flexibility index (Phi) is 7.35. The number of amides is 1. The summed E-state index contributed by atoms with van der Waals surface area (Å²) in [5, 5.41) is 23.5. The zero-order valence-electron chi connectivity index (χ0n) is 16.7. The highest BCUT2D eigenvalue weighted by molar-refractivity contribution is 5.90. The van der Waals surface area contributed by atoms with Crippen molar-refractivity contribution < 1.29 is 38.8 Å². The van der Waals surface area contributed by atoms with Gasteiger partial charge in [0.2, 0.25) is 5.91 Å². The third-order valence-corrected chi connectivity index (χ3v) is 4.70. The molecule has 0 spiro atoms. The summed E-state index contributed by atoms with van der Waals surface area (Å²) in [6, 6.07) is 15.0. The largest absolute Gasteiger partial charge is 0.459 e. The van der Waals surface area contributed by atoms with E-state index in [4.69, 9.17) is 14.2 Å². The fourth-order valence-electron chi connectivity index (χ4n) is 3.18. The molecule has 0 aromatic heterocycles. The van der Waals surface area contributed by atoms with Crippen LogP contribution in [0.2, 0.25) is 0 Å². The second-order valence-electron chi connectivity index (χ2n) is 6.98. The summed E-state index contributed by atoms with van der Waals surface area (Å²) in [5.41, 5.74) is 0.529. The van der Waals surface area contributed by atoms with E-state index >= 15 is 0 Å². The fraction of sp³-hybridized carbons (Fsp3) is 0.318. The van der Waals surface area contributed by atoms with Crippen LogP contribution in [0.5, 0.6) is 0 Å². The van der Waals surface area contributed by atoms with Crippen molar-refractivity contribution in [2.24, 2.45) is 0 Å². The molecular weight excluding hydrogens is 406 g/mol. The molecule has 1 heterocycles. The van der Waals surface area contributed by atoms with Crippen LogP contribution in [0.25, 0.3) is 0 Å². The van der Waals surface area contributed by atoms with Crippen LogP contribution >= 0.6 is 0 Å². The zero-order valence-corrected chi connectivity index (χ0v) is 16.7. The van der Waals surface area contributed by atoms with Crippen molar-refractivity contribution in [3.8, 4) is 0 Å². The lowest BCUT2D eigenvalue weighted by Crippen LogP contribution is -2.65. The molecule has 2 aromatic rings. The Morgan fingerprint density at radius 2 is 1.48 bits per heavy atom. The van der Waals surface area contributed by atoms with E-state index in [0.29, 0.717) is 5.56 Å². The average Bonchev–Trinajstić information content (AvgIpc) is 2.78. The van der Waals surface area contributed by atoms with E-state index in [-0.39, 0.29) is 5.56 Å². The zero-order chi connectivity index (χ0) is 22.4. The van der Waals surface area contributed by atoms with E-state index in [9.17, 15) is 24.6 Å². The molecular formula is C22H23NO8. The third-order valence-electron chi connectivity index (χ3n) is 4.70. The minimum Gasteiger partial charge on any atom is -0.459 e. The molecule has 3 rings (SSSR count). The van der Waals surface area contributed by atoms with Crippen LogP contribution in [0.3, 0.4) is 0 Å². The molecule has 1 amide bonds. The summed E-state index contributed by atoms with van der Waals surface area (Å²) >= 11 is 0. The number of aliphatic hydroxyl groups excluding tert-OH is 2. The number of benzene rings is 2. The Bertz CT molecular complexity index is 904. The number of rotatable bonds is 6. The highest BCUT2D eigenvalue weighted by Crippen LogP contribution is 2.24. The molecule has 1 saturated heterocycles. The summed E-state index contributed by atoms with van der Waals surface area (Å²) in [4.78, 5) is 36.2. The number of carbonyl (C=O) groups is 3. The van der Waals surface area contributed by atoms with Crippen molar-refractivity contribution in [1.82, 2.24) is 5.32 Å². The molecule has 1 aliphatic rings. The van der Waals surface area contributed by atoms with Gasteiger partial charge in [-0.15, -0.1) is 0 Å². The van der Waals surface area contributed by atoms with E-state index in [2.05, 4.69) is 5.32 Å². The maximum atomic E-state index is 12.5. The molecule has 0 saturated carbocycles. The predicted octanol–water partition coefficient (Wildman–Crippen LogP) is 0.652. The number of nitrogens with one attached hydrogen (secondary N) is 1. The third kappa shape index (κ3) is 5.66. The van der Waals surface area contributed by atoms with Gasteiger partial charge < -0.3 is 29.7 Å². The number of hydrogen-bond acceptors (Lipinski definition) is 8. The van der Waals surface area contributed by atoms with Gasteiger partial charge in [-0.1, -0.05) is 36.4 Å². The van der Waals surface area contributed by atoms with Crippen LogP contribution < -0.4 is 5.32 Å². The Morgan fingerprint density at radius 1 is 0.935 bits per heavy atom. The molecule has 164 valence electrons. The van der Waals surface area contributed by atoms with Gasteiger partial charge in [0.05, 0.1) is 11.1 Å². The van der Waals surface area contributed by atoms with Crippen LogP contribution in [0.1, 0.15) is 27.6 Å². The van der Waals surface area contributed by atoms with Crippen molar-refractivity contribution in [3.05, 3.63) is 71.8 Å². The van der Waals surface area contributed by atoms with Gasteiger partial charge in [0, 0.05) is 6.92 Å². The number of hydrogen-bond donors (Lipinski definition) is 3. The molecule has 1 fully saturated rings. The first-order valence-electron chi connectivity index (χ1n) is 9.63. The molecule has 3 N–H and O–H groups in total. The minimum absolute atomic E-state index is 0.226. The Balaban J connectivity index is 1.73. The van der Waals surface area contributed by atoms with Crippen LogP contribution in [0.4, 0.5) is 0 Å². The summed E-state index contributed by atoms with van der Waals surface area (Å²) < 4.78 is 15.9. The van der Waals surface area contributed by atoms with Crippen molar-refractivity contribution >= 4 is 17.8 Å². The monoisotopic (exact) mass is 429 g/mol. The van der Waals surface area contributed by atoms with E-state index in [0.717, 1.165) is 0 Å². The van der Waals surface area contributed by atoms with Crippen molar-refractivity contribution in [2.45, 2.75) is 37.6 Å². The van der Waals surface area contributed by atoms with Crippen LogP contribution in [0, 0.1) is 0 Å². The van der Waals surface area contributed by atoms with Crippen LogP contribution in [-0.4, -0.2) is 65.3 Å². The van der Waals surface area contributed by atoms with Gasteiger partial charge in [0.15, 0.2) is 12.4 Å². The predicted molar refractivity (Wildman–Crippen MR) is 107 cm³/mol. The molecule has 31 heavy (non-hydrogen) atoms. The Morgan fingerprint density at radius 3 is 2.03 bits per heavy atom. The summed E-state index contributed by atoms with van der Waals surface area (Å²) in [6.07, 6.45) is -5.64. The van der Waals surface area contributed by atoms with Crippen LogP contribution in [-0.2, 0) is 19.0 Å². The van der Waals surface area contributed by atoms with Gasteiger partial charge in [0.25, 0.3) is 0 Å². The molecule has 0 aliphatic carbocycles. The molecule has 0 radical (unpaired) electrons. The van der Waals surface area contributed by atoms with Crippen molar-refractivity contribution in [2.75, 3.05) is 6.61 Å². The highest BCUT2D eigenvalue weighted by Gasteiger charge is 2.48. The molecule has 9 nitrogen and oxygen atoms in total. The van der Waals surface area contributed by atoms with Crippen molar-refractivity contribution in [3.63, 3.8) is 0 Å². The smallest absolute Gasteiger partial charge is 0.338 e. The summed E-state index contributed by atoms with van der Waals surface area (Å²) in [6.45, 7) is 0.807. The highest BCUT2D eigenvalue weighted by atomic mass is 16.6. The maximum Gasteiger partial charge on any atom is 0.338 e. The van der Waals surface area contributed by atoms with Crippen LogP contribution in [0.15, 0.2) is 60.7 Å². The number of ether oxygens (including phenoxy) is 3. The number of aliphatic hydroxyl groups is 2. The van der Waals surface area contributed by atoms with Gasteiger partial charge in [-0.25, -0.2) is 9.59 Å². The Hall–Kier alpha value is -3.27. The van der Waals surface area contributed by atoms with Gasteiger partial charge in [0.1, 0.15) is 24.9 Å². The lowest BCUT2D eigenvalue weighted by atomic mass is 9.96. The minimum atomic E-state index is -1.61. The average molecular weight is 429 g/mol. The molecule has 9 heteroatoms. The molecule has 5 atom stereocenters. The van der Waals surface area contributed by atoms with Crippen molar-refractivity contribution in [1.29, 1.82) is 0 Å². The first-order chi connectivity index (χ1) is 14.9. The second kappa shape index (κ2) is 10.2. The summed E-state index contributed by atoms with van der Waals surface area (Å²) in [5.74, 6) is -1.92. The number of esters is 2. The summed E-state index contributed by atoms with van der Waals surface area (Å²) in [7, 11) is 0. The van der Waals surface area contributed by atoms with Gasteiger partial charge in [-0.05, 0) is 24.3 Å². The number of carbonyl (C=O) groups excluding carboxylic acids is 3. The lowest BCUT2D eigenvalue weighted by Gasteiger charge is -2.42. The first-order valence-corrected chi connectivity index (χ1v) is 9.63. The van der Waals surface area contributed by atoms with E-state index < -0.39 is 55.1 Å². The van der Waals surface area contributed by atoms with E-state index in [1.807, 2.05) is 0 Å². The molecule has 1 aliphatic heterocycles. The Labute approximate surface area is 178 Å². The SMILES string of the molecule is CC(=O)N[C@@H]1[C@@H](OC(=O)c2ccccc2)[C@H](O)[C@@H](COC(=O)c2ccccc2)O[C@@H]1O. The second-order valence-corrected chi connectivity index (χ2v) is 6.98. The fourth-order valence-corrected chi connectivity index (χ4v) is 3.18. The molecule has 2 aromatic carbocycles. The standard InChI is InChI=1S/C22H23NO8/c1-13(24)23-17-19(31-21(27)15-10-6-3-7-11-15)18(25)16(30-22(17)28)12-29-20(26)14-8-4-2-5-9-14/h2-11,16-19,22,25,28H,12H2,1H3,(H,23,24)/t16-,17-,18-,19-,22+/m1/s1. The quantitative estimate of drug-likeness (QED) is 0.571. The normalized spacial score (nSPS) is 25.3. The van der Waals surface area contributed by atoms with Gasteiger partial charge in [-0.2, -0.15) is 0 Å². The first kappa shape index (κ1) is 22.4. The topological polar surface area (TPSA) is 131 Å². The lowest BCUT2D eigenvalue weighted by molar-refractivity contribution is -0.253. The molecule has 0 bridgehead atoms. The van der Waals surface area contributed by atoms with Gasteiger partial charge >= 0.3 is 11.9 Å². The maximum absolute atomic E-state index is 12.5. The molecule has 0 unspecified atom stereocenters.